The summed E-state index contributed by atoms with van der Waals surface area (Å²) >= 11 is 0. The monoisotopic (exact) mass is 516 g/mol. The molecule has 38 heavy (non-hydrogen) atoms. The van der Waals surface area contributed by atoms with E-state index in [-0.39, 0.29) is 12.0 Å². The lowest BCUT2D eigenvalue weighted by Crippen LogP contribution is -2.46. The van der Waals surface area contributed by atoms with Crippen LogP contribution in [0.25, 0.3) is 11.1 Å². The maximum atomic E-state index is 10.9. The Kier molecular flexibility index (Phi) is 11.5. The highest BCUT2D eigenvalue weighted by atomic mass is 16.4. The standard InChI is InChI=1S/C33H44N2O3/c1-33(2,20-9-14-26-10-5-4-6-11-26)34-24-31(36)25-35(3)21-19-28-13-8-16-30(23-28)29-15-7-12-27(22-29)17-18-32(37)38/h4-8,10-13,15-16,22-23,31,34,36H,9,14,17-21,24-25H2,1-3H3,(H,37,38)/t31-/m1/s1. The average molecular weight is 517 g/mol. The first-order valence-corrected chi connectivity index (χ1v) is 13.8. The van der Waals surface area contributed by atoms with Gasteiger partial charge in [0.25, 0.3) is 0 Å². The van der Waals surface area contributed by atoms with Crippen LogP contribution in [0.15, 0.2) is 78.9 Å². The number of carbonyl (C=O) groups is 1. The molecule has 3 aromatic rings. The molecule has 0 heterocycles. The number of hydrogen-bond donors (Lipinski definition) is 3. The van der Waals surface area contributed by atoms with E-state index in [0.717, 1.165) is 48.9 Å². The first-order chi connectivity index (χ1) is 18.2. The highest BCUT2D eigenvalue weighted by Crippen LogP contribution is 2.23. The van der Waals surface area contributed by atoms with Gasteiger partial charge < -0.3 is 20.4 Å². The molecule has 1 atom stereocenters. The van der Waals surface area contributed by atoms with Gasteiger partial charge in [-0.1, -0.05) is 78.9 Å². The van der Waals surface area contributed by atoms with E-state index in [2.05, 4.69) is 97.8 Å². The predicted octanol–water partition coefficient (Wildman–Crippen LogP) is 5.60. The predicted molar refractivity (Wildman–Crippen MR) is 157 cm³/mol. The summed E-state index contributed by atoms with van der Waals surface area (Å²) in [7, 11) is 2.06. The molecule has 5 heteroatoms. The van der Waals surface area contributed by atoms with E-state index in [0.29, 0.717) is 19.5 Å². The van der Waals surface area contributed by atoms with Crippen molar-refractivity contribution in [2.24, 2.45) is 0 Å². The van der Waals surface area contributed by atoms with Crippen LogP contribution in [-0.2, 0) is 24.1 Å². The first kappa shape index (κ1) is 29.6. The Morgan fingerprint density at radius 1 is 0.868 bits per heavy atom. The summed E-state index contributed by atoms with van der Waals surface area (Å²) in [5, 5.41) is 23.2. The lowest BCUT2D eigenvalue weighted by molar-refractivity contribution is -0.136. The van der Waals surface area contributed by atoms with E-state index >= 15 is 0 Å². The molecule has 3 N–H and O–H groups in total. The Morgan fingerprint density at radius 3 is 2.11 bits per heavy atom. The van der Waals surface area contributed by atoms with E-state index < -0.39 is 12.1 Å². The quantitative estimate of drug-likeness (QED) is 0.231. The maximum absolute atomic E-state index is 10.9. The van der Waals surface area contributed by atoms with Crippen LogP contribution in [-0.4, -0.2) is 59.4 Å². The van der Waals surface area contributed by atoms with Crippen LogP contribution in [0.3, 0.4) is 0 Å². The summed E-state index contributed by atoms with van der Waals surface area (Å²) in [6.07, 6.45) is 4.41. The summed E-state index contributed by atoms with van der Waals surface area (Å²) < 4.78 is 0. The second-order valence-electron chi connectivity index (χ2n) is 11.1. The SMILES string of the molecule is CN(CCc1cccc(-c2cccc(CCC(=O)O)c2)c1)C[C@H](O)CNC(C)(C)CCCc1ccccc1. The fraction of sp³-hybridized carbons (Fsp3) is 0.424. The third kappa shape index (κ3) is 10.8. The molecule has 0 bridgehead atoms. The molecule has 0 unspecified atom stereocenters. The minimum Gasteiger partial charge on any atom is -0.481 e. The van der Waals surface area contributed by atoms with Crippen LogP contribution < -0.4 is 5.32 Å². The van der Waals surface area contributed by atoms with E-state index in [1.165, 1.54) is 11.1 Å². The second kappa shape index (κ2) is 14.8. The highest BCUT2D eigenvalue weighted by Gasteiger charge is 2.19. The molecular weight excluding hydrogens is 472 g/mol. The number of aliphatic carboxylic acids is 1. The molecule has 0 aliphatic carbocycles. The number of benzene rings is 3. The minimum absolute atomic E-state index is 0.0142. The summed E-state index contributed by atoms with van der Waals surface area (Å²) in [5.74, 6) is -0.773. The number of likely N-dealkylation sites (N-methyl/N-ethyl adjacent to an activating group) is 1. The Bertz CT molecular complexity index is 1130. The average Bonchev–Trinajstić information content (AvgIpc) is 2.90. The van der Waals surface area contributed by atoms with E-state index in [1.807, 2.05) is 12.1 Å². The molecule has 0 fully saturated rings. The van der Waals surface area contributed by atoms with Crippen LogP contribution >= 0.6 is 0 Å². The molecule has 0 aromatic heterocycles. The van der Waals surface area contributed by atoms with E-state index in [4.69, 9.17) is 5.11 Å². The molecule has 0 amide bonds. The molecule has 0 spiro atoms. The molecule has 3 rings (SSSR count). The van der Waals surface area contributed by atoms with Crippen molar-refractivity contribution in [2.75, 3.05) is 26.7 Å². The Labute approximate surface area is 228 Å². The van der Waals surface area contributed by atoms with Crippen molar-refractivity contribution in [3.8, 4) is 11.1 Å². The Morgan fingerprint density at radius 2 is 1.47 bits per heavy atom. The number of aryl methyl sites for hydroxylation is 2. The van der Waals surface area contributed by atoms with Gasteiger partial charge in [0.2, 0.25) is 0 Å². The second-order valence-corrected chi connectivity index (χ2v) is 11.1. The van der Waals surface area contributed by atoms with Crippen molar-refractivity contribution < 1.29 is 15.0 Å². The molecule has 0 aliphatic rings. The van der Waals surface area contributed by atoms with Gasteiger partial charge in [0.1, 0.15) is 0 Å². The normalized spacial score (nSPS) is 12.6. The van der Waals surface area contributed by atoms with Crippen molar-refractivity contribution in [3.05, 3.63) is 95.6 Å². The first-order valence-electron chi connectivity index (χ1n) is 13.8. The number of rotatable bonds is 16. The Hall–Kier alpha value is -2.99. The molecule has 0 saturated carbocycles. The highest BCUT2D eigenvalue weighted by molar-refractivity contribution is 5.68. The van der Waals surface area contributed by atoms with Gasteiger partial charge >= 0.3 is 5.97 Å². The zero-order valence-electron chi connectivity index (χ0n) is 23.2. The van der Waals surface area contributed by atoms with Crippen molar-refractivity contribution in [2.45, 2.75) is 64.0 Å². The zero-order chi connectivity index (χ0) is 27.4. The fourth-order valence-corrected chi connectivity index (χ4v) is 4.76. The number of nitrogens with one attached hydrogen (secondary N) is 1. The Balaban J connectivity index is 1.41. The molecule has 204 valence electrons. The molecule has 0 aliphatic heterocycles. The van der Waals surface area contributed by atoms with Gasteiger partial charge in [-0.2, -0.15) is 0 Å². The molecule has 0 radical (unpaired) electrons. The summed E-state index contributed by atoms with van der Waals surface area (Å²) in [6, 6.07) is 27.2. The number of nitrogens with zero attached hydrogens (tertiary/aromatic N) is 1. The lowest BCUT2D eigenvalue weighted by atomic mass is 9.95. The van der Waals surface area contributed by atoms with Crippen molar-refractivity contribution in [3.63, 3.8) is 0 Å². The largest absolute Gasteiger partial charge is 0.481 e. The molecule has 3 aromatic carbocycles. The van der Waals surface area contributed by atoms with Gasteiger partial charge in [-0.05, 0) is 80.8 Å². The van der Waals surface area contributed by atoms with Gasteiger partial charge in [-0.25, -0.2) is 0 Å². The topological polar surface area (TPSA) is 72.8 Å². The number of hydrogen-bond acceptors (Lipinski definition) is 4. The number of aliphatic hydroxyl groups is 1. The van der Waals surface area contributed by atoms with Gasteiger partial charge in [0, 0.05) is 31.6 Å². The molecular formula is C33H44N2O3. The van der Waals surface area contributed by atoms with Crippen LogP contribution in [0.1, 0.15) is 49.8 Å². The van der Waals surface area contributed by atoms with Crippen LogP contribution in [0.2, 0.25) is 0 Å². The van der Waals surface area contributed by atoms with Gasteiger partial charge in [-0.15, -0.1) is 0 Å². The van der Waals surface area contributed by atoms with Crippen molar-refractivity contribution in [1.82, 2.24) is 10.2 Å². The summed E-state index contributed by atoms with van der Waals surface area (Å²) in [4.78, 5) is 13.1. The number of carboxylic acid groups (broad SMARTS) is 1. The summed E-state index contributed by atoms with van der Waals surface area (Å²) in [6.45, 7) is 6.49. The van der Waals surface area contributed by atoms with Crippen LogP contribution in [0.5, 0.6) is 0 Å². The smallest absolute Gasteiger partial charge is 0.303 e. The fourth-order valence-electron chi connectivity index (χ4n) is 4.76. The molecule has 5 nitrogen and oxygen atoms in total. The third-order valence-corrected chi connectivity index (χ3v) is 7.05. The third-order valence-electron chi connectivity index (χ3n) is 7.05. The van der Waals surface area contributed by atoms with Gasteiger partial charge in [0.15, 0.2) is 0 Å². The van der Waals surface area contributed by atoms with E-state index in [9.17, 15) is 9.90 Å². The van der Waals surface area contributed by atoms with Crippen molar-refractivity contribution in [1.29, 1.82) is 0 Å². The lowest BCUT2D eigenvalue weighted by Gasteiger charge is -2.29. The maximum Gasteiger partial charge on any atom is 0.303 e. The number of carboxylic acids is 1. The van der Waals surface area contributed by atoms with Crippen LogP contribution in [0, 0.1) is 0 Å². The van der Waals surface area contributed by atoms with Crippen LogP contribution in [0.4, 0.5) is 0 Å². The van der Waals surface area contributed by atoms with E-state index in [1.54, 1.807) is 0 Å². The zero-order valence-corrected chi connectivity index (χ0v) is 23.2. The minimum atomic E-state index is -0.773. The number of β-amino-alcohol motifs (C(OH)–C–C–N with tert-alkyl or cyclic N) is 1. The molecule has 0 saturated heterocycles. The number of aliphatic hydroxyl groups excluding tert-OH is 1. The summed E-state index contributed by atoms with van der Waals surface area (Å²) in [5.41, 5.74) is 5.89. The van der Waals surface area contributed by atoms with Gasteiger partial charge in [0.05, 0.1) is 6.10 Å². The van der Waals surface area contributed by atoms with Gasteiger partial charge in [-0.3, -0.25) is 4.79 Å². The van der Waals surface area contributed by atoms with Crippen molar-refractivity contribution >= 4 is 5.97 Å².